The van der Waals surface area contributed by atoms with E-state index in [4.69, 9.17) is 0 Å². The Morgan fingerprint density at radius 1 is 1.00 bits per heavy atom. The van der Waals surface area contributed by atoms with Gasteiger partial charge in [-0.2, -0.15) is 0 Å². The number of likely N-dealkylation sites (tertiary alicyclic amines) is 1. The van der Waals surface area contributed by atoms with E-state index in [9.17, 15) is 14.0 Å². The summed E-state index contributed by atoms with van der Waals surface area (Å²) in [5.74, 6) is 0.186. The number of nitrogens with one attached hydrogen (secondary N) is 2. The predicted octanol–water partition coefficient (Wildman–Crippen LogP) is 4.69. The van der Waals surface area contributed by atoms with E-state index in [1.54, 1.807) is 17.0 Å². The zero-order chi connectivity index (χ0) is 19.8. The van der Waals surface area contributed by atoms with Crippen LogP contribution in [-0.2, 0) is 4.79 Å². The van der Waals surface area contributed by atoms with Gasteiger partial charge in [0.2, 0.25) is 5.91 Å². The van der Waals surface area contributed by atoms with Crippen molar-refractivity contribution < 1.29 is 14.0 Å². The first kappa shape index (κ1) is 20.6. The third-order valence-corrected chi connectivity index (χ3v) is 5.90. The molecule has 1 aliphatic heterocycles. The molecule has 2 aliphatic rings. The lowest BCUT2D eigenvalue weighted by atomic mass is 9.93. The molecule has 2 N–H and O–H groups in total. The number of urea groups is 1. The summed E-state index contributed by atoms with van der Waals surface area (Å²) in [6.07, 6.45) is 10.6. The lowest BCUT2D eigenvalue weighted by Crippen LogP contribution is -2.42. The van der Waals surface area contributed by atoms with E-state index in [-0.39, 0.29) is 17.8 Å². The van der Waals surface area contributed by atoms with Crippen LogP contribution in [0.5, 0.6) is 0 Å². The Bertz CT molecular complexity index is 642. The van der Waals surface area contributed by atoms with E-state index in [1.165, 1.54) is 37.8 Å². The number of benzene rings is 1. The zero-order valence-electron chi connectivity index (χ0n) is 16.6. The summed E-state index contributed by atoms with van der Waals surface area (Å²) in [6.45, 7) is 1.39. The number of halogens is 1. The Hall–Kier alpha value is -2.11. The van der Waals surface area contributed by atoms with E-state index in [2.05, 4.69) is 10.6 Å². The molecule has 1 aliphatic carbocycles. The molecule has 28 heavy (non-hydrogen) atoms. The minimum atomic E-state index is -0.321. The Morgan fingerprint density at radius 3 is 2.43 bits per heavy atom. The maximum Gasteiger partial charge on any atom is 0.321 e. The highest BCUT2D eigenvalue weighted by Gasteiger charge is 2.24. The highest BCUT2D eigenvalue weighted by Crippen LogP contribution is 2.22. The average molecular weight is 390 g/mol. The number of anilines is 1. The molecule has 1 aromatic carbocycles. The van der Waals surface area contributed by atoms with Gasteiger partial charge in [0.05, 0.1) is 0 Å². The van der Waals surface area contributed by atoms with Crippen molar-refractivity contribution in [2.45, 2.75) is 70.3 Å². The van der Waals surface area contributed by atoms with Crippen LogP contribution in [0.15, 0.2) is 24.3 Å². The van der Waals surface area contributed by atoms with Crippen LogP contribution in [0.3, 0.4) is 0 Å². The fraction of sp³-hybridized carbons (Fsp3) is 0.636. The van der Waals surface area contributed by atoms with Crippen LogP contribution in [0.4, 0.5) is 14.9 Å². The monoisotopic (exact) mass is 389 g/mol. The highest BCUT2D eigenvalue weighted by molar-refractivity contribution is 5.89. The summed E-state index contributed by atoms with van der Waals surface area (Å²) in [6, 6.07) is 5.99. The third kappa shape index (κ3) is 6.50. The number of carbonyl (C=O) groups excluding carboxylic acids is 2. The van der Waals surface area contributed by atoms with Crippen molar-refractivity contribution in [1.29, 1.82) is 0 Å². The number of carbonyl (C=O) groups is 2. The molecule has 0 aromatic heterocycles. The van der Waals surface area contributed by atoms with Gasteiger partial charge in [0, 0.05) is 31.2 Å². The van der Waals surface area contributed by atoms with Crippen LogP contribution < -0.4 is 10.6 Å². The minimum absolute atomic E-state index is 0.153. The molecule has 1 atom stereocenters. The van der Waals surface area contributed by atoms with E-state index in [1.807, 2.05) is 0 Å². The summed E-state index contributed by atoms with van der Waals surface area (Å²) in [4.78, 5) is 26.6. The molecular weight excluding hydrogens is 357 g/mol. The van der Waals surface area contributed by atoms with E-state index >= 15 is 0 Å². The van der Waals surface area contributed by atoms with Gasteiger partial charge in [0.1, 0.15) is 5.82 Å². The lowest BCUT2D eigenvalue weighted by molar-refractivity contribution is -0.122. The summed E-state index contributed by atoms with van der Waals surface area (Å²) in [7, 11) is 0. The summed E-state index contributed by atoms with van der Waals surface area (Å²) >= 11 is 0. The number of nitrogens with zero attached hydrogens (tertiary/aromatic N) is 1. The van der Waals surface area contributed by atoms with Crippen LogP contribution >= 0.6 is 0 Å². The van der Waals surface area contributed by atoms with Gasteiger partial charge in [-0.3, -0.25) is 4.79 Å². The highest BCUT2D eigenvalue weighted by atomic mass is 19.1. The first-order valence-electron chi connectivity index (χ1n) is 10.7. The van der Waals surface area contributed by atoms with Gasteiger partial charge in [0.25, 0.3) is 0 Å². The van der Waals surface area contributed by atoms with Gasteiger partial charge in [-0.05, 0) is 62.3 Å². The first-order valence-corrected chi connectivity index (χ1v) is 10.7. The molecule has 1 heterocycles. The van der Waals surface area contributed by atoms with Crippen molar-refractivity contribution in [2.75, 3.05) is 18.4 Å². The SMILES string of the molecule is O=C(CC[C@@H]1CCCN(C(=O)Nc2ccc(F)cc2)C1)NC1CCCCCC1. The second-order valence-electron chi connectivity index (χ2n) is 8.19. The molecule has 6 heteroatoms. The maximum absolute atomic E-state index is 13.0. The second-order valence-corrected chi connectivity index (χ2v) is 8.19. The number of amides is 3. The van der Waals surface area contributed by atoms with Crippen LogP contribution in [0, 0.1) is 11.7 Å². The fourth-order valence-corrected chi connectivity index (χ4v) is 4.28. The summed E-state index contributed by atoms with van der Waals surface area (Å²) < 4.78 is 13.0. The summed E-state index contributed by atoms with van der Waals surface area (Å²) in [5, 5.41) is 6.03. The van der Waals surface area contributed by atoms with Gasteiger partial charge in [-0.25, -0.2) is 9.18 Å². The Balaban J connectivity index is 1.40. The standard InChI is InChI=1S/C22H32FN3O2/c23-18-10-12-20(13-11-18)25-22(28)26-15-5-6-17(16-26)9-14-21(27)24-19-7-3-1-2-4-8-19/h10-13,17,19H,1-9,14-16H2,(H,24,27)(H,25,28)/t17-/m0/s1. The Morgan fingerprint density at radius 2 is 1.71 bits per heavy atom. The fourth-order valence-electron chi connectivity index (χ4n) is 4.28. The molecule has 1 saturated heterocycles. The molecule has 0 bridgehead atoms. The van der Waals surface area contributed by atoms with Crippen molar-refractivity contribution in [2.24, 2.45) is 5.92 Å². The zero-order valence-corrected chi connectivity index (χ0v) is 16.6. The van der Waals surface area contributed by atoms with E-state index in [0.717, 1.165) is 38.6 Å². The Kier molecular flexibility index (Phi) is 7.69. The van der Waals surface area contributed by atoms with Gasteiger partial charge in [0.15, 0.2) is 0 Å². The summed E-state index contributed by atoms with van der Waals surface area (Å²) in [5.41, 5.74) is 0.594. The number of hydrogen-bond acceptors (Lipinski definition) is 2. The lowest BCUT2D eigenvalue weighted by Gasteiger charge is -2.32. The molecule has 2 fully saturated rings. The van der Waals surface area contributed by atoms with E-state index < -0.39 is 0 Å². The molecule has 3 amide bonds. The van der Waals surface area contributed by atoms with Crippen molar-refractivity contribution in [3.05, 3.63) is 30.1 Å². The largest absolute Gasteiger partial charge is 0.353 e. The minimum Gasteiger partial charge on any atom is -0.353 e. The topological polar surface area (TPSA) is 61.4 Å². The quantitative estimate of drug-likeness (QED) is 0.718. The normalized spacial score (nSPS) is 21.0. The van der Waals surface area contributed by atoms with Crippen molar-refractivity contribution in [3.63, 3.8) is 0 Å². The molecule has 5 nitrogen and oxygen atoms in total. The molecule has 1 saturated carbocycles. The number of piperidine rings is 1. The Labute approximate surface area is 167 Å². The number of hydrogen-bond donors (Lipinski definition) is 2. The van der Waals surface area contributed by atoms with Crippen molar-refractivity contribution in [3.8, 4) is 0 Å². The van der Waals surface area contributed by atoms with Gasteiger partial charge < -0.3 is 15.5 Å². The van der Waals surface area contributed by atoms with Crippen molar-refractivity contribution >= 4 is 17.6 Å². The molecular formula is C22H32FN3O2. The molecule has 0 radical (unpaired) electrons. The van der Waals surface area contributed by atoms with Gasteiger partial charge >= 0.3 is 6.03 Å². The predicted molar refractivity (Wildman–Crippen MR) is 109 cm³/mol. The number of rotatable bonds is 5. The molecule has 0 spiro atoms. The maximum atomic E-state index is 13.0. The molecule has 3 rings (SSSR count). The van der Waals surface area contributed by atoms with Crippen LogP contribution in [0.2, 0.25) is 0 Å². The van der Waals surface area contributed by atoms with Crippen LogP contribution in [0.1, 0.15) is 64.2 Å². The second kappa shape index (κ2) is 10.4. The van der Waals surface area contributed by atoms with Gasteiger partial charge in [-0.1, -0.05) is 25.7 Å². The molecule has 1 aromatic rings. The molecule has 0 unspecified atom stereocenters. The first-order chi connectivity index (χ1) is 13.6. The van der Waals surface area contributed by atoms with E-state index in [0.29, 0.717) is 30.6 Å². The van der Waals surface area contributed by atoms with Crippen molar-refractivity contribution in [1.82, 2.24) is 10.2 Å². The smallest absolute Gasteiger partial charge is 0.321 e. The van der Waals surface area contributed by atoms with Crippen LogP contribution in [-0.4, -0.2) is 36.0 Å². The van der Waals surface area contributed by atoms with Crippen LogP contribution in [0.25, 0.3) is 0 Å². The average Bonchev–Trinajstić information content (AvgIpc) is 2.97. The molecule has 154 valence electrons. The third-order valence-electron chi connectivity index (χ3n) is 5.90. The van der Waals surface area contributed by atoms with Gasteiger partial charge in [-0.15, -0.1) is 0 Å².